The Hall–Kier alpha value is -1.84. The molecule has 1 aliphatic carbocycles. The Bertz CT molecular complexity index is 650. The smallest absolute Gasteiger partial charge is 0.416 e. The van der Waals surface area contributed by atoms with E-state index in [0.29, 0.717) is 0 Å². The number of aliphatic hydroxyl groups is 2. The number of rotatable bonds is 6. The molecule has 1 saturated carbocycles. The van der Waals surface area contributed by atoms with Gasteiger partial charge in [-0.2, -0.15) is 13.2 Å². The maximum absolute atomic E-state index is 12.6. The molecule has 1 aromatic rings. The minimum Gasteiger partial charge on any atom is -0.491 e. The van der Waals surface area contributed by atoms with E-state index in [-0.39, 0.29) is 49.8 Å². The lowest BCUT2D eigenvalue weighted by Gasteiger charge is -2.22. The molecule has 0 radical (unpaired) electrons. The minimum absolute atomic E-state index is 0.0189. The van der Waals surface area contributed by atoms with Crippen LogP contribution in [0.2, 0.25) is 0 Å². The number of fused-ring (bicyclic) bond motifs is 1. The van der Waals surface area contributed by atoms with Crippen molar-refractivity contribution >= 4 is 5.97 Å². The molecular weight excluding hydrogens is 357 g/mol. The van der Waals surface area contributed by atoms with Crippen LogP contribution in [0.25, 0.3) is 0 Å². The molecular formula is C17H19F3O6. The fraction of sp³-hybridized carbons (Fsp3) is 0.588. The highest BCUT2D eigenvalue weighted by molar-refractivity contribution is 5.72. The Morgan fingerprint density at radius 3 is 2.81 bits per heavy atom. The van der Waals surface area contributed by atoms with E-state index in [1.165, 1.54) is 12.1 Å². The maximum Gasteiger partial charge on any atom is 0.416 e. The van der Waals surface area contributed by atoms with Crippen molar-refractivity contribution in [3.8, 4) is 5.75 Å². The van der Waals surface area contributed by atoms with Crippen LogP contribution in [0.5, 0.6) is 5.75 Å². The molecule has 0 bridgehead atoms. The summed E-state index contributed by atoms with van der Waals surface area (Å²) in [5.74, 6) is -0.613. The number of ether oxygens (including phenoxy) is 3. The van der Waals surface area contributed by atoms with Gasteiger partial charge < -0.3 is 24.4 Å². The van der Waals surface area contributed by atoms with Crippen molar-refractivity contribution in [3.63, 3.8) is 0 Å². The van der Waals surface area contributed by atoms with Crippen molar-refractivity contribution in [2.45, 2.75) is 43.4 Å². The fourth-order valence-electron chi connectivity index (χ4n) is 3.30. The molecule has 2 aliphatic rings. The fourth-order valence-corrected chi connectivity index (χ4v) is 3.30. The van der Waals surface area contributed by atoms with Crippen molar-refractivity contribution in [1.29, 1.82) is 0 Å². The second-order valence-electron chi connectivity index (χ2n) is 6.49. The summed E-state index contributed by atoms with van der Waals surface area (Å²) in [4.78, 5) is 11.3. The molecule has 26 heavy (non-hydrogen) atoms. The van der Waals surface area contributed by atoms with Crippen LogP contribution in [0, 0.1) is 5.92 Å². The molecule has 2 unspecified atom stereocenters. The number of hydrogen-bond donors (Lipinski definition) is 2. The van der Waals surface area contributed by atoms with E-state index in [0.717, 1.165) is 12.1 Å². The lowest BCUT2D eigenvalue weighted by Crippen LogP contribution is -2.34. The summed E-state index contributed by atoms with van der Waals surface area (Å²) in [5.41, 5.74) is -0.841. The van der Waals surface area contributed by atoms with Gasteiger partial charge >= 0.3 is 12.1 Å². The number of carbonyl (C=O) groups excluding carboxylic acids is 1. The van der Waals surface area contributed by atoms with E-state index in [9.17, 15) is 28.2 Å². The van der Waals surface area contributed by atoms with Crippen LogP contribution in [-0.2, 0) is 20.4 Å². The quantitative estimate of drug-likeness (QED) is 0.733. The van der Waals surface area contributed by atoms with Gasteiger partial charge in [-0.1, -0.05) is 6.07 Å². The Kier molecular flexibility index (Phi) is 5.40. The Morgan fingerprint density at radius 1 is 1.31 bits per heavy atom. The van der Waals surface area contributed by atoms with Crippen molar-refractivity contribution in [3.05, 3.63) is 29.8 Å². The second-order valence-corrected chi connectivity index (χ2v) is 6.49. The summed E-state index contributed by atoms with van der Waals surface area (Å²) < 4.78 is 53.7. The summed E-state index contributed by atoms with van der Waals surface area (Å²) in [6, 6.07) is 4.35. The summed E-state index contributed by atoms with van der Waals surface area (Å²) in [5, 5.41) is 19.9. The molecule has 5 atom stereocenters. The van der Waals surface area contributed by atoms with Gasteiger partial charge in [0.05, 0.1) is 30.8 Å². The lowest BCUT2D eigenvalue weighted by molar-refractivity contribution is -0.142. The van der Waals surface area contributed by atoms with Crippen LogP contribution in [0.15, 0.2) is 24.3 Å². The molecule has 1 aliphatic heterocycles. The van der Waals surface area contributed by atoms with Crippen LogP contribution >= 0.6 is 0 Å². The van der Waals surface area contributed by atoms with Gasteiger partial charge in [0.2, 0.25) is 0 Å². The van der Waals surface area contributed by atoms with Gasteiger partial charge in [0.15, 0.2) is 0 Å². The first-order valence-electron chi connectivity index (χ1n) is 8.21. The Balaban J connectivity index is 1.47. The van der Waals surface area contributed by atoms with E-state index in [2.05, 4.69) is 0 Å². The van der Waals surface area contributed by atoms with Crippen LogP contribution in [-0.4, -0.2) is 53.8 Å². The van der Waals surface area contributed by atoms with E-state index in [1.807, 2.05) is 0 Å². The molecule has 9 heteroatoms. The lowest BCUT2D eigenvalue weighted by atomic mass is 10.0. The molecule has 1 heterocycles. The number of halogens is 3. The first-order valence-corrected chi connectivity index (χ1v) is 8.21. The van der Waals surface area contributed by atoms with Crippen LogP contribution in [0.4, 0.5) is 13.2 Å². The number of esters is 1. The number of aliphatic hydroxyl groups excluding tert-OH is 2. The molecule has 144 valence electrons. The highest BCUT2D eigenvalue weighted by Gasteiger charge is 2.50. The van der Waals surface area contributed by atoms with Crippen molar-refractivity contribution in [2.75, 3.05) is 13.2 Å². The highest BCUT2D eigenvalue weighted by Crippen LogP contribution is 2.38. The largest absolute Gasteiger partial charge is 0.491 e. The second kappa shape index (κ2) is 7.42. The van der Waals surface area contributed by atoms with Gasteiger partial charge in [0.1, 0.15) is 24.6 Å². The van der Waals surface area contributed by atoms with Crippen LogP contribution in [0.3, 0.4) is 0 Å². The van der Waals surface area contributed by atoms with Gasteiger partial charge in [-0.3, -0.25) is 4.79 Å². The van der Waals surface area contributed by atoms with Gasteiger partial charge in [-0.25, -0.2) is 0 Å². The molecule has 0 amide bonds. The Labute approximate surface area is 147 Å². The van der Waals surface area contributed by atoms with E-state index in [4.69, 9.17) is 14.2 Å². The predicted octanol–water partition coefficient (Wildman–Crippen LogP) is 1.53. The van der Waals surface area contributed by atoms with E-state index in [1.54, 1.807) is 0 Å². The zero-order valence-corrected chi connectivity index (χ0v) is 13.7. The maximum atomic E-state index is 12.6. The van der Waals surface area contributed by atoms with Gasteiger partial charge in [-0.15, -0.1) is 0 Å². The van der Waals surface area contributed by atoms with Crippen LogP contribution in [0.1, 0.15) is 18.4 Å². The molecule has 0 aromatic heterocycles. The monoisotopic (exact) mass is 376 g/mol. The van der Waals surface area contributed by atoms with Crippen LogP contribution < -0.4 is 4.74 Å². The average molecular weight is 376 g/mol. The zero-order chi connectivity index (χ0) is 18.9. The summed E-state index contributed by atoms with van der Waals surface area (Å²) in [6.07, 6.45) is -6.93. The SMILES string of the molecule is O=C1C[C@@H]2C(OCC(O)COc3cccc(C(F)(F)F)c3)[C@@H](O)C[C@@H]2O1. The molecule has 2 fully saturated rings. The standard InChI is InChI=1S/C17H19F3O6/c18-17(19,20)9-2-1-3-11(4-9)24-7-10(21)8-25-16-12-5-15(23)26-14(12)6-13(16)22/h1-4,10,12-14,16,21-22H,5-8H2/t10?,12-,13-,14-,16?/m0/s1. The summed E-state index contributed by atoms with van der Waals surface area (Å²) in [6.45, 7) is -0.453. The normalized spacial score (nSPS) is 29.3. The third-order valence-electron chi connectivity index (χ3n) is 4.52. The van der Waals surface area contributed by atoms with Gasteiger partial charge in [0, 0.05) is 12.3 Å². The molecule has 6 nitrogen and oxygen atoms in total. The number of benzene rings is 1. The highest BCUT2D eigenvalue weighted by atomic mass is 19.4. The van der Waals surface area contributed by atoms with Crippen molar-refractivity contribution < 1.29 is 42.4 Å². The first-order chi connectivity index (χ1) is 12.2. The first kappa shape index (κ1) is 18.9. The minimum atomic E-state index is -4.48. The topological polar surface area (TPSA) is 85.2 Å². The predicted molar refractivity (Wildman–Crippen MR) is 81.3 cm³/mol. The summed E-state index contributed by atoms with van der Waals surface area (Å²) >= 11 is 0. The number of alkyl halides is 3. The summed E-state index contributed by atoms with van der Waals surface area (Å²) in [7, 11) is 0. The zero-order valence-electron chi connectivity index (χ0n) is 13.7. The Morgan fingerprint density at radius 2 is 2.08 bits per heavy atom. The van der Waals surface area contributed by atoms with E-state index < -0.39 is 30.1 Å². The van der Waals surface area contributed by atoms with Gasteiger partial charge in [-0.05, 0) is 18.2 Å². The molecule has 0 spiro atoms. The van der Waals surface area contributed by atoms with Gasteiger partial charge in [0.25, 0.3) is 0 Å². The van der Waals surface area contributed by atoms with Crippen molar-refractivity contribution in [1.82, 2.24) is 0 Å². The molecule has 1 aromatic carbocycles. The third-order valence-corrected chi connectivity index (χ3v) is 4.52. The van der Waals surface area contributed by atoms with Crippen molar-refractivity contribution in [2.24, 2.45) is 5.92 Å². The van der Waals surface area contributed by atoms with E-state index >= 15 is 0 Å². The molecule has 2 N–H and O–H groups in total. The number of carbonyl (C=O) groups is 1. The molecule has 1 saturated heterocycles. The number of hydrogen-bond acceptors (Lipinski definition) is 6. The molecule has 3 rings (SSSR count). The third kappa shape index (κ3) is 4.28. The average Bonchev–Trinajstić information content (AvgIpc) is 3.05.